The summed E-state index contributed by atoms with van der Waals surface area (Å²) in [6.07, 6.45) is 15.1. The minimum atomic E-state index is 0.261. The van der Waals surface area contributed by atoms with Crippen LogP contribution >= 0.6 is 11.8 Å². The summed E-state index contributed by atoms with van der Waals surface area (Å²) in [4.78, 5) is 1.35. The van der Waals surface area contributed by atoms with Crippen molar-refractivity contribution in [1.29, 1.82) is 0 Å². The van der Waals surface area contributed by atoms with Crippen LogP contribution in [0.3, 0.4) is 0 Å². The molecule has 1 rings (SSSR count). The van der Waals surface area contributed by atoms with E-state index in [9.17, 15) is 0 Å². The van der Waals surface area contributed by atoms with E-state index in [1.807, 2.05) is 0 Å². The summed E-state index contributed by atoms with van der Waals surface area (Å²) >= 11 is 1.78. The van der Waals surface area contributed by atoms with Gasteiger partial charge in [0, 0.05) is 10.6 Å². The first-order valence-corrected chi connectivity index (χ1v) is 10.2. The van der Waals surface area contributed by atoms with Gasteiger partial charge in [0.2, 0.25) is 0 Å². The topological polar surface area (TPSA) is 20.2 Å². The second-order valence-corrected chi connectivity index (χ2v) is 7.25. The van der Waals surface area contributed by atoms with Crippen molar-refractivity contribution < 1.29 is 5.11 Å². The van der Waals surface area contributed by atoms with E-state index in [1.165, 1.54) is 81.1 Å². The van der Waals surface area contributed by atoms with Crippen LogP contribution < -0.4 is 0 Å². The van der Waals surface area contributed by atoms with Gasteiger partial charge < -0.3 is 5.11 Å². The standard InChI is InChI=1S/C20H34OS/c1-2-3-4-5-6-7-8-9-10-11-14-19-15-12-13-16-20(19)22-18-17-21/h12-13,15-16,21H,2-11,14,17-18H2,1H3. The summed E-state index contributed by atoms with van der Waals surface area (Å²) in [5, 5.41) is 8.96. The molecule has 0 spiro atoms. The number of aliphatic hydroxyl groups is 1. The van der Waals surface area contributed by atoms with E-state index in [2.05, 4.69) is 31.2 Å². The first kappa shape index (κ1) is 19.6. The Hall–Kier alpha value is -0.470. The summed E-state index contributed by atoms with van der Waals surface area (Å²) in [5.41, 5.74) is 1.46. The Morgan fingerprint density at radius 1 is 0.818 bits per heavy atom. The highest BCUT2D eigenvalue weighted by Gasteiger charge is 2.02. The molecule has 1 nitrogen and oxygen atoms in total. The molecule has 0 saturated heterocycles. The van der Waals surface area contributed by atoms with Crippen molar-refractivity contribution in [2.24, 2.45) is 0 Å². The molecule has 0 aromatic heterocycles. The predicted molar refractivity (Wildman–Crippen MR) is 99.8 cm³/mol. The van der Waals surface area contributed by atoms with E-state index in [4.69, 9.17) is 5.11 Å². The van der Waals surface area contributed by atoms with Crippen LogP contribution in [0.25, 0.3) is 0 Å². The number of aliphatic hydroxyl groups excluding tert-OH is 1. The molecule has 1 aromatic carbocycles. The number of hydrogen-bond donors (Lipinski definition) is 1. The Balaban J connectivity index is 2.05. The molecule has 0 aliphatic rings. The minimum Gasteiger partial charge on any atom is -0.396 e. The van der Waals surface area contributed by atoms with Crippen LogP contribution in [0.15, 0.2) is 29.2 Å². The fraction of sp³-hybridized carbons (Fsp3) is 0.700. The van der Waals surface area contributed by atoms with E-state index >= 15 is 0 Å². The van der Waals surface area contributed by atoms with E-state index in [-0.39, 0.29) is 6.61 Å². The molecule has 2 heteroatoms. The van der Waals surface area contributed by atoms with Crippen molar-refractivity contribution in [2.45, 2.75) is 82.4 Å². The van der Waals surface area contributed by atoms with Gasteiger partial charge in [-0.05, 0) is 24.5 Å². The molecule has 0 aliphatic heterocycles. The number of hydrogen-bond acceptors (Lipinski definition) is 2. The van der Waals surface area contributed by atoms with Gasteiger partial charge in [-0.25, -0.2) is 0 Å². The maximum atomic E-state index is 8.96. The summed E-state index contributed by atoms with van der Waals surface area (Å²) in [6, 6.07) is 8.66. The lowest BCUT2D eigenvalue weighted by molar-refractivity contribution is 0.322. The quantitative estimate of drug-likeness (QED) is 0.323. The average molecular weight is 323 g/mol. The third-order valence-corrected chi connectivity index (χ3v) is 5.22. The highest BCUT2D eigenvalue weighted by Crippen LogP contribution is 2.24. The largest absolute Gasteiger partial charge is 0.396 e. The number of thioether (sulfide) groups is 1. The Bertz CT molecular complexity index is 364. The molecule has 126 valence electrons. The summed E-state index contributed by atoms with van der Waals surface area (Å²) in [6.45, 7) is 2.54. The maximum absolute atomic E-state index is 8.96. The predicted octanol–water partition coefficient (Wildman–Crippen LogP) is 6.23. The number of benzene rings is 1. The third-order valence-electron chi connectivity index (χ3n) is 4.12. The van der Waals surface area contributed by atoms with Gasteiger partial charge in [0.1, 0.15) is 0 Å². The SMILES string of the molecule is CCCCCCCCCCCCc1ccccc1SCCO. The van der Waals surface area contributed by atoms with E-state index < -0.39 is 0 Å². The molecule has 0 atom stereocenters. The molecular formula is C20H34OS. The van der Waals surface area contributed by atoms with Crippen LogP contribution in [-0.4, -0.2) is 17.5 Å². The molecule has 1 N–H and O–H groups in total. The summed E-state index contributed by atoms with van der Waals surface area (Å²) in [7, 11) is 0. The van der Waals surface area contributed by atoms with E-state index in [0.717, 1.165) is 5.75 Å². The van der Waals surface area contributed by atoms with Gasteiger partial charge in [0.15, 0.2) is 0 Å². The lowest BCUT2D eigenvalue weighted by atomic mass is 10.0. The van der Waals surface area contributed by atoms with Crippen molar-refractivity contribution in [1.82, 2.24) is 0 Å². The smallest absolute Gasteiger partial charge is 0.0525 e. The van der Waals surface area contributed by atoms with Crippen LogP contribution in [-0.2, 0) is 6.42 Å². The van der Waals surface area contributed by atoms with Crippen molar-refractivity contribution in [3.63, 3.8) is 0 Å². The molecule has 0 heterocycles. The molecule has 22 heavy (non-hydrogen) atoms. The number of unbranched alkanes of at least 4 members (excludes halogenated alkanes) is 9. The molecule has 0 unspecified atom stereocenters. The molecule has 0 radical (unpaired) electrons. The van der Waals surface area contributed by atoms with Crippen molar-refractivity contribution in [2.75, 3.05) is 12.4 Å². The fourth-order valence-corrected chi connectivity index (χ4v) is 3.65. The minimum absolute atomic E-state index is 0.261. The first-order chi connectivity index (χ1) is 10.9. The van der Waals surface area contributed by atoms with Gasteiger partial charge in [-0.2, -0.15) is 0 Å². The highest BCUT2D eigenvalue weighted by atomic mass is 32.2. The third kappa shape index (κ3) is 9.53. The van der Waals surface area contributed by atoms with Crippen molar-refractivity contribution >= 4 is 11.8 Å². The second kappa shape index (κ2) is 14.1. The maximum Gasteiger partial charge on any atom is 0.0525 e. The average Bonchev–Trinajstić information content (AvgIpc) is 2.55. The zero-order valence-electron chi connectivity index (χ0n) is 14.4. The van der Waals surface area contributed by atoms with Crippen LogP contribution in [0.2, 0.25) is 0 Å². The van der Waals surface area contributed by atoms with Gasteiger partial charge in [-0.3, -0.25) is 0 Å². The summed E-state index contributed by atoms with van der Waals surface area (Å²) < 4.78 is 0. The Labute approximate surface area is 141 Å². The molecule has 0 fully saturated rings. The fourth-order valence-electron chi connectivity index (χ4n) is 2.81. The molecule has 0 amide bonds. The van der Waals surface area contributed by atoms with Gasteiger partial charge >= 0.3 is 0 Å². The number of rotatable bonds is 14. The van der Waals surface area contributed by atoms with Crippen molar-refractivity contribution in [3.8, 4) is 0 Å². The summed E-state index contributed by atoms with van der Waals surface area (Å²) in [5.74, 6) is 0.801. The Morgan fingerprint density at radius 2 is 1.41 bits per heavy atom. The van der Waals surface area contributed by atoms with E-state index in [0.29, 0.717) is 0 Å². The Kier molecular flexibility index (Phi) is 12.6. The molecule has 1 aromatic rings. The molecule has 0 bridgehead atoms. The molecule has 0 aliphatic carbocycles. The van der Waals surface area contributed by atoms with Gasteiger partial charge in [-0.15, -0.1) is 11.8 Å². The van der Waals surface area contributed by atoms with Gasteiger partial charge in [0.25, 0.3) is 0 Å². The molecular weight excluding hydrogens is 288 g/mol. The van der Waals surface area contributed by atoms with Gasteiger partial charge in [-0.1, -0.05) is 82.9 Å². The first-order valence-electron chi connectivity index (χ1n) is 9.20. The van der Waals surface area contributed by atoms with Crippen LogP contribution in [0.5, 0.6) is 0 Å². The zero-order chi connectivity index (χ0) is 15.9. The second-order valence-electron chi connectivity index (χ2n) is 6.11. The highest BCUT2D eigenvalue weighted by molar-refractivity contribution is 7.99. The normalized spacial score (nSPS) is 11.0. The van der Waals surface area contributed by atoms with Crippen molar-refractivity contribution in [3.05, 3.63) is 29.8 Å². The lowest BCUT2D eigenvalue weighted by Crippen LogP contribution is -1.92. The monoisotopic (exact) mass is 322 g/mol. The van der Waals surface area contributed by atoms with Crippen LogP contribution in [0.4, 0.5) is 0 Å². The van der Waals surface area contributed by atoms with Crippen LogP contribution in [0.1, 0.15) is 76.7 Å². The van der Waals surface area contributed by atoms with Gasteiger partial charge in [0.05, 0.1) is 6.61 Å². The van der Waals surface area contributed by atoms with Crippen LogP contribution in [0, 0.1) is 0 Å². The van der Waals surface area contributed by atoms with E-state index in [1.54, 1.807) is 11.8 Å². The molecule has 0 saturated carbocycles. The number of aryl methyl sites for hydroxylation is 1. The zero-order valence-corrected chi connectivity index (χ0v) is 15.2. The lowest BCUT2D eigenvalue weighted by Gasteiger charge is -2.08. The Morgan fingerprint density at radius 3 is 2.05 bits per heavy atom.